The van der Waals surface area contributed by atoms with Gasteiger partial charge in [0.15, 0.2) is 8.32 Å². The van der Waals surface area contributed by atoms with E-state index in [-0.39, 0.29) is 11.5 Å². The molecule has 0 aliphatic carbocycles. The van der Waals surface area contributed by atoms with Crippen LogP contribution in [0.4, 0.5) is 0 Å². The Morgan fingerprint density at radius 3 is 2.25 bits per heavy atom. The van der Waals surface area contributed by atoms with Crippen molar-refractivity contribution in [1.82, 2.24) is 0 Å². The van der Waals surface area contributed by atoms with Gasteiger partial charge in [-0.05, 0) is 35.6 Å². The van der Waals surface area contributed by atoms with E-state index in [1.54, 1.807) is 0 Å². The summed E-state index contributed by atoms with van der Waals surface area (Å²) in [4.78, 5) is 0. The summed E-state index contributed by atoms with van der Waals surface area (Å²) in [6.45, 7) is 13.7. The van der Waals surface area contributed by atoms with Crippen molar-refractivity contribution in [2.45, 2.75) is 65.8 Å². The van der Waals surface area contributed by atoms with Gasteiger partial charge in [0, 0.05) is 0 Å². The molecule has 0 aliphatic heterocycles. The van der Waals surface area contributed by atoms with Gasteiger partial charge in [0.25, 0.3) is 0 Å². The average Bonchev–Trinajstić information content (AvgIpc) is 2.12. The van der Waals surface area contributed by atoms with E-state index in [9.17, 15) is 0 Å². The van der Waals surface area contributed by atoms with E-state index in [1.165, 1.54) is 19.3 Å². The molecule has 0 aromatic carbocycles. The molecule has 0 N–H and O–H groups in total. The highest BCUT2D eigenvalue weighted by Crippen LogP contribution is 2.32. The van der Waals surface area contributed by atoms with Crippen LogP contribution in [0, 0.1) is 5.41 Å². The molecular formula is C13H27IOSi. The van der Waals surface area contributed by atoms with Crippen LogP contribution in [-0.2, 0) is 4.43 Å². The van der Waals surface area contributed by atoms with Crippen LogP contribution in [0.25, 0.3) is 0 Å². The zero-order valence-corrected chi connectivity index (χ0v) is 14.8. The normalized spacial score (nSPS) is 15.7. The van der Waals surface area contributed by atoms with E-state index in [1.807, 2.05) is 0 Å². The number of rotatable bonds is 7. The third-order valence-electron chi connectivity index (χ3n) is 2.67. The quantitative estimate of drug-likeness (QED) is 0.441. The highest BCUT2D eigenvalue weighted by Gasteiger charge is 2.31. The number of unbranched alkanes of at least 4 members (excludes halogenated alkanes) is 1. The predicted octanol–water partition coefficient (Wildman–Crippen LogP) is 5.37. The lowest BCUT2D eigenvalue weighted by atomic mass is 9.81. The van der Waals surface area contributed by atoms with Crippen molar-refractivity contribution in [2.24, 2.45) is 5.41 Å². The monoisotopic (exact) mass is 354 g/mol. The van der Waals surface area contributed by atoms with Gasteiger partial charge in [-0.2, -0.15) is 0 Å². The van der Waals surface area contributed by atoms with Crippen LogP contribution in [-0.4, -0.2) is 14.4 Å². The van der Waals surface area contributed by atoms with Crippen LogP contribution in [0.1, 0.15) is 40.0 Å². The summed E-state index contributed by atoms with van der Waals surface area (Å²) in [5, 5.41) is 0. The van der Waals surface area contributed by atoms with E-state index >= 15 is 0 Å². The smallest absolute Gasteiger partial charge is 0.184 e. The minimum absolute atomic E-state index is 0.248. The zero-order valence-electron chi connectivity index (χ0n) is 11.6. The maximum absolute atomic E-state index is 6.29. The average molecular weight is 354 g/mol. The van der Waals surface area contributed by atoms with Gasteiger partial charge in [-0.1, -0.05) is 62.3 Å². The summed E-state index contributed by atoms with van der Waals surface area (Å²) in [7, 11) is -1.46. The van der Waals surface area contributed by atoms with Crippen LogP contribution in [0.15, 0.2) is 10.2 Å². The topological polar surface area (TPSA) is 9.23 Å². The molecule has 0 bridgehead atoms. The molecule has 0 heterocycles. The highest BCUT2D eigenvalue weighted by molar-refractivity contribution is 14.1. The van der Waals surface area contributed by atoms with E-state index in [4.69, 9.17) is 4.43 Å². The third kappa shape index (κ3) is 7.07. The Bertz CT molecular complexity index is 218. The van der Waals surface area contributed by atoms with E-state index < -0.39 is 8.32 Å². The fourth-order valence-electron chi connectivity index (χ4n) is 1.68. The van der Waals surface area contributed by atoms with Gasteiger partial charge in [0.1, 0.15) is 0 Å². The van der Waals surface area contributed by atoms with Gasteiger partial charge in [0.2, 0.25) is 0 Å². The number of hydrogen-bond acceptors (Lipinski definition) is 1. The molecule has 0 spiro atoms. The summed E-state index contributed by atoms with van der Waals surface area (Å²) in [6.07, 6.45) is 6.27. The lowest BCUT2D eigenvalue weighted by Crippen LogP contribution is -2.39. The van der Waals surface area contributed by atoms with Crippen molar-refractivity contribution < 1.29 is 4.43 Å². The Balaban J connectivity index is 4.62. The van der Waals surface area contributed by atoms with Crippen LogP contribution < -0.4 is 0 Å². The highest BCUT2D eigenvalue weighted by atomic mass is 127. The van der Waals surface area contributed by atoms with Gasteiger partial charge in [0.05, 0.1) is 6.10 Å². The molecule has 0 rings (SSSR count). The molecule has 0 saturated carbocycles. The Kier molecular flexibility index (Phi) is 7.45. The second kappa shape index (κ2) is 7.16. The van der Waals surface area contributed by atoms with Crippen molar-refractivity contribution in [3.05, 3.63) is 10.2 Å². The molecule has 1 nitrogen and oxygen atoms in total. The molecule has 0 aliphatic rings. The maximum Gasteiger partial charge on any atom is 0.184 e. The first-order valence-electron chi connectivity index (χ1n) is 6.17. The minimum atomic E-state index is -1.46. The van der Waals surface area contributed by atoms with Crippen molar-refractivity contribution in [3.63, 3.8) is 0 Å². The fraction of sp³-hybridized carbons (Fsp3) is 0.846. The van der Waals surface area contributed by atoms with Crippen molar-refractivity contribution in [2.75, 3.05) is 0 Å². The molecule has 1 atom stereocenters. The summed E-state index contributed by atoms with van der Waals surface area (Å²) < 4.78 is 8.38. The standard InChI is InChI=1S/C13H27IOSi/c1-7-8-10-13(2,3)12(9-11-14)15-16(4,5)6/h9,11-12H,7-8,10H2,1-6H3/b11-9+. The summed E-state index contributed by atoms with van der Waals surface area (Å²) >= 11 is 2.29. The molecule has 0 saturated heterocycles. The fourth-order valence-corrected chi connectivity index (χ4v) is 3.22. The van der Waals surface area contributed by atoms with Gasteiger partial charge < -0.3 is 4.43 Å². The van der Waals surface area contributed by atoms with Crippen molar-refractivity contribution in [1.29, 1.82) is 0 Å². The summed E-state index contributed by atoms with van der Waals surface area (Å²) in [6, 6.07) is 0. The zero-order chi connectivity index (χ0) is 12.8. The summed E-state index contributed by atoms with van der Waals surface area (Å²) in [5.41, 5.74) is 0.248. The van der Waals surface area contributed by atoms with Crippen LogP contribution in [0.2, 0.25) is 19.6 Å². The SMILES string of the molecule is CCCCC(C)(C)C(/C=C/I)O[Si](C)(C)C. The number of hydrogen-bond donors (Lipinski definition) is 0. The molecule has 3 heteroatoms. The second-order valence-electron chi connectivity index (χ2n) is 6.06. The third-order valence-corrected chi connectivity index (χ3v) is 4.05. The molecule has 96 valence electrons. The molecule has 0 amide bonds. The minimum Gasteiger partial charge on any atom is -0.411 e. The van der Waals surface area contributed by atoms with Crippen molar-refractivity contribution in [3.8, 4) is 0 Å². The van der Waals surface area contributed by atoms with Gasteiger partial charge in [-0.25, -0.2) is 0 Å². The van der Waals surface area contributed by atoms with Crippen LogP contribution in [0.5, 0.6) is 0 Å². The van der Waals surface area contributed by atoms with Gasteiger partial charge in [-0.15, -0.1) is 0 Å². The Morgan fingerprint density at radius 1 is 1.31 bits per heavy atom. The molecule has 16 heavy (non-hydrogen) atoms. The lowest BCUT2D eigenvalue weighted by Gasteiger charge is -2.36. The predicted molar refractivity (Wildman–Crippen MR) is 84.7 cm³/mol. The molecule has 1 unspecified atom stereocenters. The van der Waals surface area contributed by atoms with E-state index in [0.717, 1.165) is 0 Å². The van der Waals surface area contributed by atoms with Crippen LogP contribution >= 0.6 is 22.6 Å². The molecule has 0 aromatic heterocycles. The Labute approximate surface area is 116 Å². The molecule has 0 aromatic rings. The largest absolute Gasteiger partial charge is 0.411 e. The molecule has 0 fully saturated rings. The molecule has 0 radical (unpaired) electrons. The molecular weight excluding hydrogens is 327 g/mol. The Morgan fingerprint density at radius 2 is 1.88 bits per heavy atom. The first-order valence-corrected chi connectivity index (χ1v) is 10.8. The van der Waals surface area contributed by atoms with E-state index in [2.05, 4.69) is 73.2 Å². The van der Waals surface area contributed by atoms with Crippen LogP contribution in [0.3, 0.4) is 0 Å². The lowest BCUT2D eigenvalue weighted by molar-refractivity contribution is 0.0969. The van der Waals surface area contributed by atoms with Gasteiger partial charge in [-0.3, -0.25) is 0 Å². The van der Waals surface area contributed by atoms with Crippen molar-refractivity contribution >= 4 is 30.9 Å². The summed E-state index contributed by atoms with van der Waals surface area (Å²) in [5.74, 6) is 0. The number of halogens is 1. The Hall–Kier alpha value is 0.647. The first kappa shape index (κ1) is 16.6. The second-order valence-corrected chi connectivity index (χ2v) is 11.2. The van der Waals surface area contributed by atoms with Gasteiger partial charge >= 0.3 is 0 Å². The first-order chi connectivity index (χ1) is 7.23. The maximum atomic E-state index is 6.29. The van der Waals surface area contributed by atoms with E-state index in [0.29, 0.717) is 0 Å².